The Bertz CT molecular complexity index is 1030. The Morgan fingerprint density at radius 1 is 1.06 bits per heavy atom. The van der Waals surface area contributed by atoms with Crippen molar-refractivity contribution in [2.45, 2.75) is 27.2 Å². The minimum atomic E-state index is -0.529. The summed E-state index contributed by atoms with van der Waals surface area (Å²) in [5.41, 5.74) is 4.20. The number of hydrogen-bond acceptors (Lipinski definition) is 6. The number of nitrogens with one attached hydrogen (secondary N) is 1. The van der Waals surface area contributed by atoms with Crippen LogP contribution in [0.15, 0.2) is 48.0 Å². The summed E-state index contributed by atoms with van der Waals surface area (Å²) in [6, 6.07) is 12.3. The van der Waals surface area contributed by atoms with Crippen LogP contribution in [-0.4, -0.2) is 37.6 Å². The van der Waals surface area contributed by atoms with Gasteiger partial charge in [-0.15, -0.1) is 0 Å². The Kier molecular flexibility index (Phi) is 7.49. The molecule has 1 saturated heterocycles. The van der Waals surface area contributed by atoms with E-state index >= 15 is 0 Å². The van der Waals surface area contributed by atoms with E-state index in [4.69, 9.17) is 14.2 Å². The lowest BCUT2D eigenvalue weighted by Crippen LogP contribution is -2.35. The van der Waals surface area contributed by atoms with E-state index in [0.717, 1.165) is 6.42 Å². The van der Waals surface area contributed by atoms with Crippen molar-refractivity contribution in [3.63, 3.8) is 0 Å². The first-order valence-corrected chi connectivity index (χ1v) is 10.4. The summed E-state index contributed by atoms with van der Waals surface area (Å²) >= 11 is 0. The van der Waals surface area contributed by atoms with E-state index in [2.05, 4.69) is 5.43 Å². The molecule has 2 aromatic rings. The molecule has 3 rings (SSSR count). The predicted octanol–water partition coefficient (Wildman–Crippen LogP) is 3.19. The minimum Gasteiger partial charge on any atom is -0.493 e. The van der Waals surface area contributed by atoms with Crippen LogP contribution in [0.1, 0.15) is 31.4 Å². The fourth-order valence-corrected chi connectivity index (χ4v) is 3.17. The maximum absolute atomic E-state index is 12.9. The van der Waals surface area contributed by atoms with Crippen LogP contribution in [-0.2, 0) is 19.1 Å². The molecule has 0 spiro atoms. The van der Waals surface area contributed by atoms with Gasteiger partial charge in [-0.05, 0) is 50.6 Å². The number of rotatable bonds is 9. The van der Waals surface area contributed by atoms with E-state index in [-0.39, 0.29) is 18.8 Å². The number of carbonyl (C=O) groups is 3. The van der Waals surface area contributed by atoms with Gasteiger partial charge in [0, 0.05) is 11.1 Å². The number of anilines is 1. The van der Waals surface area contributed by atoms with E-state index in [1.165, 1.54) is 11.1 Å². The first-order chi connectivity index (χ1) is 15.5. The fourth-order valence-electron chi connectivity index (χ4n) is 3.17. The standard InChI is InChI=1S/C24H26N2O6/c1-4-13-31-20-12-11-17(22(16(20)3)32-15-21(27)30-5-2)14-19-23(28)25-26(24(19)29)18-9-7-6-8-10-18/h6-12,14H,4-5,13,15H2,1-3H3,(H,25,28)/b19-14+. The average Bonchev–Trinajstić information content (AvgIpc) is 3.07. The van der Waals surface area contributed by atoms with E-state index in [9.17, 15) is 14.4 Å². The number of ether oxygens (including phenoxy) is 3. The third-order valence-electron chi connectivity index (χ3n) is 4.69. The molecule has 1 aliphatic rings. The fraction of sp³-hybridized carbons (Fsp3) is 0.292. The lowest BCUT2D eigenvalue weighted by Gasteiger charge is -2.16. The van der Waals surface area contributed by atoms with Crippen LogP contribution in [0.4, 0.5) is 5.69 Å². The molecule has 2 amide bonds. The molecule has 0 atom stereocenters. The van der Waals surface area contributed by atoms with E-state index in [0.29, 0.717) is 34.9 Å². The molecule has 32 heavy (non-hydrogen) atoms. The molecule has 2 aromatic carbocycles. The third-order valence-corrected chi connectivity index (χ3v) is 4.69. The summed E-state index contributed by atoms with van der Waals surface area (Å²) in [5, 5.41) is 1.19. The van der Waals surface area contributed by atoms with Gasteiger partial charge in [-0.3, -0.25) is 15.0 Å². The van der Waals surface area contributed by atoms with E-state index in [1.54, 1.807) is 50.2 Å². The first kappa shape index (κ1) is 22.9. The second-order valence-electron chi connectivity index (χ2n) is 7.02. The number of para-hydroxylation sites is 1. The van der Waals surface area contributed by atoms with Crippen molar-refractivity contribution in [2.75, 3.05) is 24.8 Å². The second-order valence-corrected chi connectivity index (χ2v) is 7.02. The normalized spacial score (nSPS) is 14.5. The molecular weight excluding hydrogens is 412 g/mol. The summed E-state index contributed by atoms with van der Waals surface area (Å²) in [6.45, 7) is 5.95. The number of benzene rings is 2. The average molecular weight is 438 g/mol. The summed E-state index contributed by atoms with van der Waals surface area (Å²) in [7, 11) is 0. The summed E-state index contributed by atoms with van der Waals surface area (Å²) in [6.07, 6.45) is 2.28. The van der Waals surface area contributed by atoms with Crippen molar-refractivity contribution in [2.24, 2.45) is 0 Å². The van der Waals surface area contributed by atoms with Gasteiger partial charge in [-0.1, -0.05) is 25.1 Å². The van der Waals surface area contributed by atoms with Crippen molar-refractivity contribution in [3.05, 3.63) is 59.2 Å². The van der Waals surface area contributed by atoms with Gasteiger partial charge in [-0.2, -0.15) is 0 Å². The number of esters is 1. The Labute approximate surface area is 186 Å². The zero-order chi connectivity index (χ0) is 23.1. The lowest BCUT2D eigenvalue weighted by molar-refractivity contribution is -0.145. The van der Waals surface area contributed by atoms with Gasteiger partial charge in [0.05, 0.1) is 18.9 Å². The maximum Gasteiger partial charge on any atom is 0.344 e. The highest BCUT2D eigenvalue weighted by Crippen LogP contribution is 2.34. The van der Waals surface area contributed by atoms with Crippen molar-refractivity contribution in [1.29, 1.82) is 0 Å². The van der Waals surface area contributed by atoms with Crippen LogP contribution in [0.5, 0.6) is 11.5 Å². The Morgan fingerprint density at radius 3 is 2.50 bits per heavy atom. The van der Waals surface area contributed by atoms with Crippen LogP contribution in [0, 0.1) is 6.92 Å². The van der Waals surface area contributed by atoms with E-state index in [1.807, 2.05) is 13.0 Å². The smallest absolute Gasteiger partial charge is 0.344 e. The molecule has 8 nitrogen and oxygen atoms in total. The molecule has 0 saturated carbocycles. The zero-order valence-electron chi connectivity index (χ0n) is 18.3. The molecule has 0 radical (unpaired) electrons. The molecule has 8 heteroatoms. The van der Waals surface area contributed by atoms with Crippen LogP contribution in [0.3, 0.4) is 0 Å². The van der Waals surface area contributed by atoms with Crippen molar-refractivity contribution in [3.8, 4) is 11.5 Å². The Hall–Kier alpha value is -3.81. The highest BCUT2D eigenvalue weighted by molar-refractivity contribution is 6.31. The third kappa shape index (κ3) is 5.08. The molecule has 1 N–H and O–H groups in total. The van der Waals surface area contributed by atoms with Crippen LogP contribution < -0.4 is 19.9 Å². The zero-order valence-corrected chi connectivity index (χ0v) is 18.3. The summed E-state index contributed by atoms with van der Waals surface area (Å²) in [4.78, 5) is 37.3. The molecule has 0 bridgehead atoms. The largest absolute Gasteiger partial charge is 0.493 e. The summed E-state index contributed by atoms with van der Waals surface area (Å²) < 4.78 is 16.4. The number of hydrogen-bond donors (Lipinski definition) is 1. The predicted molar refractivity (Wildman–Crippen MR) is 119 cm³/mol. The van der Waals surface area contributed by atoms with Crippen LogP contribution >= 0.6 is 0 Å². The highest BCUT2D eigenvalue weighted by atomic mass is 16.6. The number of carbonyl (C=O) groups excluding carboxylic acids is 3. The number of nitrogens with zero attached hydrogens (tertiary/aromatic N) is 1. The molecule has 1 aliphatic heterocycles. The SMILES string of the molecule is CCCOc1ccc(/C=C2\C(=O)NN(c3ccccc3)C2=O)c(OCC(=O)OCC)c1C. The second kappa shape index (κ2) is 10.5. The lowest BCUT2D eigenvalue weighted by atomic mass is 10.0. The molecule has 168 valence electrons. The Morgan fingerprint density at radius 2 is 1.81 bits per heavy atom. The van der Waals surface area contributed by atoms with Gasteiger partial charge in [0.15, 0.2) is 6.61 Å². The van der Waals surface area contributed by atoms with Crippen LogP contribution in [0.2, 0.25) is 0 Å². The van der Waals surface area contributed by atoms with Gasteiger partial charge in [-0.25, -0.2) is 9.80 Å². The number of amides is 2. The van der Waals surface area contributed by atoms with Crippen molar-refractivity contribution in [1.82, 2.24) is 5.43 Å². The van der Waals surface area contributed by atoms with Gasteiger partial charge < -0.3 is 14.2 Å². The monoisotopic (exact) mass is 438 g/mol. The van der Waals surface area contributed by atoms with Gasteiger partial charge in [0.1, 0.15) is 17.1 Å². The van der Waals surface area contributed by atoms with Gasteiger partial charge in [0.25, 0.3) is 11.8 Å². The molecule has 0 aromatic heterocycles. The minimum absolute atomic E-state index is 0.0449. The molecule has 1 fully saturated rings. The molecular formula is C24H26N2O6. The molecule has 0 aliphatic carbocycles. The quantitative estimate of drug-likeness (QED) is 0.367. The van der Waals surface area contributed by atoms with Crippen molar-refractivity contribution < 1.29 is 28.6 Å². The van der Waals surface area contributed by atoms with E-state index < -0.39 is 17.8 Å². The molecule has 0 unspecified atom stereocenters. The number of hydrazine groups is 1. The van der Waals surface area contributed by atoms with Crippen LogP contribution in [0.25, 0.3) is 6.08 Å². The topological polar surface area (TPSA) is 94.2 Å². The first-order valence-electron chi connectivity index (χ1n) is 10.4. The Balaban J connectivity index is 1.95. The van der Waals surface area contributed by atoms with Crippen molar-refractivity contribution >= 4 is 29.5 Å². The maximum atomic E-state index is 12.9. The summed E-state index contributed by atoms with van der Waals surface area (Å²) in [5.74, 6) is -0.588. The highest BCUT2D eigenvalue weighted by Gasteiger charge is 2.34. The van der Waals surface area contributed by atoms with Gasteiger partial charge >= 0.3 is 5.97 Å². The van der Waals surface area contributed by atoms with Gasteiger partial charge in [0.2, 0.25) is 0 Å². The molecule has 1 heterocycles.